The van der Waals surface area contributed by atoms with Crippen LogP contribution in [0.1, 0.15) is 15.2 Å². The Bertz CT molecular complexity index is 891. The fourth-order valence-electron chi connectivity index (χ4n) is 2.26. The van der Waals surface area contributed by atoms with Crippen molar-refractivity contribution in [1.82, 2.24) is 0 Å². The Labute approximate surface area is 135 Å². The molecule has 112 valence electrons. The Kier molecular flexibility index (Phi) is 3.76. The van der Waals surface area contributed by atoms with E-state index in [9.17, 15) is 14.3 Å². The Morgan fingerprint density at radius 2 is 2.09 bits per heavy atom. The van der Waals surface area contributed by atoms with E-state index in [0.717, 1.165) is 0 Å². The van der Waals surface area contributed by atoms with Gasteiger partial charge in [-0.15, -0.1) is 11.3 Å². The lowest BCUT2D eigenvalue weighted by Crippen LogP contribution is -2.11. The molecule has 0 fully saturated rings. The number of hydrogen-bond donors (Lipinski definition) is 2. The number of fused-ring (bicyclic) bond motifs is 1. The average molecular weight is 336 g/mol. The first-order chi connectivity index (χ1) is 10.5. The number of phenols is 1. The maximum atomic E-state index is 13.9. The average Bonchev–Trinajstić information content (AvgIpc) is 2.81. The summed E-state index contributed by atoms with van der Waals surface area (Å²) in [4.78, 5) is 12.8. The minimum absolute atomic E-state index is 0.0808. The molecule has 0 saturated heterocycles. The number of rotatable bonds is 2. The van der Waals surface area contributed by atoms with Gasteiger partial charge in [-0.05, 0) is 42.8 Å². The van der Waals surface area contributed by atoms with Crippen molar-refractivity contribution in [2.24, 2.45) is 0 Å². The van der Waals surface area contributed by atoms with E-state index >= 15 is 0 Å². The van der Waals surface area contributed by atoms with E-state index in [2.05, 4.69) is 5.32 Å². The molecule has 0 unspecified atom stereocenters. The first kappa shape index (κ1) is 14.8. The second-order valence-corrected chi connectivity index (χ2v) is 6.27. The molecule has 1 amide bonds. The van der Waals surface area contributed by atoms with Gasteiger partial charge >= 0.3 is 0 Å². The van der Waals surface area contributed by atoms with Crippen LogP contribution in [-0.2, 0) is 0 Å². The first-order valence-electron chi connectivity index (χ1n) is 6.45. The van der Waals surface area contributed by atoms with E-state index < -0.39 is 5.91 Å². The van der Waals surface area contributed by atoms with Crippen molar-refractivity contribution in [1.29, 1.82) is 0 Å². The SMILES string of the molecule is Cc1c(C(=O)Nc2cc(Cl)ccc2O)sc2cccc(F)c12. The number of aryl methyl sites for hydroxylation is 1. The van der Waals surface area contributed by atoms with Gasteiger partial charge in [0.15, 0.2) is 0 Å². The van der Waals surface area contributed by atoms with Crippen LogP contribution in [0, 0.1) is 12.7 Å². The number of nitrogens with one attached hydrogen (secondary N) is 1. The molecule has 3 aromatic rings. The molecule has 0 saturated carbocycles. The summed E-state index contributed by atoms with van der Waals surface area (Å²) in [5, 5.41) is 13.2. The van der Waals surface area contributed by atoms with Crippen molar-refractivity contribution in [3.8, 4) is 5.75 Å². The molecule has 2 aromatic carbocycles. The van der Waals surface area contributed by atoms with Crippen molar-refractivity contribution in [3.63, 3.8) is 0 Å². The normalized spacial score (nSPS) is 10.9. The first-order valence-corrected chi connectivity index (χ1v) is 7.64. The van der Waals surface area contributed by atoms with Gasteiger partial charge < -0.3 is 10.4 Å². The third-order valence-corrected chi connectivity index (χ3v) is 4.81. The zero-order valence-electron chi connectivity index (χ0n) is 11.5. The number of phenolic OH excluding ortho intramolecular Hbond substituents is 1. The molecule has 1 aromatic heterocycles. The molecular formula is C16H11ClFNO2S. The summed E-state index contributed by atoms with van der Waals surface area (Å²) in [6, 6.07) is 9.12. The van der Waals surface area contributed by atoms with Crippen LogP contribution < -0.4 is 5.32 Å². The fourth-order valence-corrected chi connectivity index (χ4v) is 3.55. The van der Waals surface area contributed by atoms with Crippen molar-refractivity contribution in [2.45, 2.75) is 6.92 Å². The molecule has 0 radical (unpaired) electrons. The number of carbonyl (C=O) groups excluding carboxylic acids is 1. The van der Waals surface area contributed by atoms with Crippen LogP contribution in [0.4, 0.5) is 10.1 Å². The molecule has 3 nitrogen and oxygen atoms in total. The highest BCUT2D eigenvalue weighted by atomic mass is 35.5. The number of carbonyl (C=O) groups is 1. The minimum atomic E-state index is -0.407. The van der Waals surface area contributed by atoms with Crippen molar-refractivity contribution >= 4 is 44.6 Å². The Morgan fingerprint density at radius 1 is 1.32 bits per heavy atom. The highest BCUT2D eigenvalue weighted by Gasteiger charge is 2.18. The maximum Gasteiger partial charge on any atom is 0.266 e. The van der Waals surface area contributed by atoms with Crippen LogP contribution in [0.3, 0.4) is 0 Å². The second kappa shape index (κ2) is 5.59. The molecule has 1 heterocycles. The maximum absolute atomic E-state index is 13.9. The molecule has 0 spiro atoms. The molecule has 0 aliphatic carbocycles. The van der Waals surface area contributed by atoms with E-state index in [0.29, 0.717) is 25.5 Å². The van der Waals surface area contributed by atoms with Crippen LogP contribution in [0.2, 0.25) is 5.02 Å². The van der Waals surface area contributed by atoms with E-state index in [1.54, 1.807) is 19.1 Å². The molecule has 2 N–H and O–H groups in total. The molecule has 22 heavy (non-hydrogen) atoms. The van der Waals surface area contributed by atoms with Crippen molar-refractivity contribution in [3.05, 3.63) is 57.7 Å². The van der Waals surface area contributed by atoms with Crippen LogP contribution in [-0.4, -0.2) is 11.0 Å². The van der Waals surface area contributed by atoms with Gasteiger partial charge in [-0.3, -0.25) is 4.79 Å². The second-order valence-electron chi connectivity index (χ2n) is 4.78. The van der Waals surface area contributed by atoms with Crippen LogP contribution in [0.5, 0.6) is 5.75 Å². The zero-order valence-corrected chi connectivity index (χ0v) is 13.1. The topological polar surface area (TPSA) is 49.3 Å². The van der Waals surface area contributed by atoms with Gasteiger partial charge in [0.05, 0.1) is 10.6 Å². The lowest BCUT2D eigenvalue weighted by Gasteiger charge is -2.07. The lowest BCUT2D eigenvalue weighted by molar-refractivity contribution is 0.102. The quantitative estimate of drug-likeness (QED) is 0.650. The highest BCUT2D eigenvalue weighted by Crippen LogP contribution is 2.34. The third-order valence-electron chi connectivity index (χ3n) is 3.32. The molecule has 0 aliphatic heterocycles. The number of benzene rings is 2. The van der Waals surface area contributed by atoms with Crippen LogP contribution in [0.25, 0.3) is 10.1 Å². The smallest absolute Gasteiger partial charge is 0.266 e. The molecule has 0 aliphatic rings. The van der Waals surface area contributed by atoms with Crippen LogP contribution >= 0.6 is 22.9 Å². The number of anilines is 1. The molecular weight excluding hydrogens is 325 g/mol. The monoisotopic (exact) mass is 335 g/mol. The predicted octanol–water partition coefficient (Wildman–Crippen LogP) is 4.96. The summed E-state index contributed by atoms with van der Waals surface area (Å²) >= 11 is 7.06. The van der Waals surface area contributed by atoms with Gasteiger partial charge in [-0.2, -0.15) is 0 Å². The summed E-state index contributed by atoms with van der Waals surface area (Å²) in [6.07, 6.45) is 0. The molecule has 0 atom stereocenters. The summed E-state index contributed by atoms with van der Waals surface area (Å²) in [6.45, 7) is 1.70. The van der Waals surface area contributed by atoms with Gasteiger partial charge in [0, 0.05) is 15.1 Å². The minimum Gasteiger partial charge on any atom is -0.506 e. The Balaban J connectivity index is 2.01. The van der Waals surface area contributed by atoms with Gasteiger partial charge in [0.1, 0.15) is 11.6 Å². The van der Waals surface area contributed by atoms with Gasteiger partial charge in [0.2, 0.25) is 0 Å². The number of amides is 1. The largest absolute Gasteiger partial charge is 0.506 e. The number of thiophene rings is 1. The van der Waals surface area contributed by atoms with Crippen LogP contribution in [0.15, 0.2) is 36.4 Å². The number of aromatic hydroxyl groups is 1. The molecule has 6 heteroatoms. The van der Waals surface area contributed by atoms with Gasteiger partial charge in [-0.1, -0.05) is 17.7 Å². The summed E-state index contributed by atoms with van der Waals surface area (Å²) in [5.41, 5.74) is 0.798. The number of halogens is 2. The predicted molar refractivity (Wildman–Crippen MR) is 87.6 cm³/mol. The number of hydrogen-bond acceptors (Lipinski definition) is 3. The van der Waals surface area contributed by atoms with E-state index in [4.69, 9.17) is 11.6 Å². The van der Waals surface area contributed by atoms with E-state index in [1.807, 2.05) is 0 Å². The lowest BCUT2D eigenvalue weighted by atomic mass is 10.1. The standard InChI is InChI=1S/C16H11ClFNO2S/c1-8-14-10(18)3-2-4-13(14)22-15(8)16(21)19-11-7-9(17)5-6-12(11)20/h2-7,20H,1H3,(H,19,21). The van der Waals surface area contributed by atoms with Gasteiger partial charge in [0.25, 0.3) is 5.91 Å². The molecule has 0 bridgehead atoms. The van der Waals surface area contributed by atoms with Gasteiger partial charge in [-0.25, -0.2) is 4.39 Å². The molecule has 3 rings (SSSR count). The highest BCUT2D eigenvalue weighted by molar-refractivity contribution is 7.21. The van der Waals surface area contributed by atoms with Crippen molar-refractivity contribution in [2.75, 3.05) is 5.32 Å². The summed E-state index contributed by atoms with van der Waals surface area (Å²) in [5.74, 6) is -0.839. The van der Waals surface area contributed by atoms with Crippen molar-refractivity contribution < 1.29 is 14.3 Å². The summed E-state index contributed by atoms with van der Waals surface area (Å²) in [7, 11) is 0. The Morgan fingerprint density at radius 3 is 2.82 bits per heavy atom. The summed E-state index contributed by atoms with van der Waals surface area (Å²) < 4.78 is 14.6. The Hall–Kier alpha value is -2.11. The van der Waals surface area contributed by atoms with E-state index in [1.165, 1.54) is 35.6 Å². The fraction of sp³-hybridized carbons (Fsp3) is 0.0625. The third kappa shape index (κ3) is 2.53. The van der Waals surface area contributed by atoms with E-state index in [-0.39, 0.29) is 17.3 Å². The zero-order chi connectivity index (χ0) is 15.9.